The Labute approximate surface area is 107 Å². The molecule has 0 atom stereocenters. The molecule has 0 aliphatic heterocycles. The molecule has 1 heterocycles. The summed E-state index contributed by atoms with van der Waals surface area (Å²) in [5.41, 5.74) is -1.08. The van der Waals surface area contributed by atoms with E-state index in [-0.39, 0.29) is 30.2 Å². The lowest BCUT2D eigenvalue weighted by Gasteiger charge is -2.09. The van der Waals surface area contributed by atoms with Crippen molar-refractivity contribution in [2.24, 2.45) is 0 Å². The smallest absolute Gasteiger partial charge is 0.310 e. The van der Waals surface area contributed by atoms with Crippen LogP contribution in [0.25, 0.3) is 0 Å². The zero-order valence-electron chi connectivity index (χ0n) is 9.63. The number of carbonyl (C=O) groups excluding carboxylic acids is 1. The van der Waals surface area contributed by atoms with Gasteiger partial charge in [0, 0.05) is 5.69 Å². The maximum atomic E-state index is 12.6. The molecule has 1 aromatic rings. The third-order valence-electron chi connectivity index (χ3n) is 2.25. The predicted octanol–water partition coefficient (Wildman–Crippen LogP) is 2.16. The van der Waals surface area contributed by atoms with Crippen molar-refractivity contribution in [1.29, 1.82) is 0 Å². The van der Waals surface area contributed by atoms with Crippen LogP contribution in [0.1, 0.15) is 30.2 Å². The quantitative estimate of drug-likeness (QED) is 0.664. The molecule has 1 aromatic heterocycles. The van der Waals surface area contributed by atoms with E-state index in [1.54, 1.807) is 6.92 Å². The van der Waals surface area contributed by atoms with E-state index in [4.69, 9.17) is 16.3 Å². The molecule has 0 aromatic carbocycles. The third-order valence-corrected chi connectivity index (χ3v) is 2.52. The maximum Gasteiger partial charge on any atom is 0.310 e. The van der Waals surface area contributed by atoms with Gasteiger partial charge in [-0.3, -0.25) is 9.59 Å². The van der Waals surface area contributed by atoms with E-state index < -0.39 is 23.5 Å². The van der Waals surface area contributed by atoms with Crippen LogP contribution in [0.3, 0.4) is 0 Å². The molecule has 1 rings (SSSR count). The predicted molar refractivity (Wildman–Crippen MR) is 61.9 cm³/mol. The largest absolute Gasteiger partial charge is 0.466 e. The summed E-state index contributed by atoms with van der Waals surface area (Å²) >= 11 is 5.59. The number of pyridine rings is 1. The number of aromatic amines is 1. The number of ether oxygens (including phenoxy) is 1. The normalized spacial score (nSPS) is 10.7. The van der Waals surface area contributed by atoms with Crippen LogP contribution in [0.15, 0.2) is 10.9 Å². The number of hydrogen-bond acceptors (Lipinski definition) is 3. The molecular formula is C11H12ClF2NO3. The van der Waals surface area contributed by atoms with E-state index in [2.05, 4.69) is 4.98 Å². The zero-order chi connectivity index (χ0) is 13.7. The first kappa shape index (κ1) is 14.6. The molecule has 7 heteroatoms. The number of aromatic nitrogens is 1. The Morgan fingerprint density at radius 3 is 2.72 bits per heavy atom. The van der Waals surface area contributed by atoms with Gasteiger partial charge in [-0.1, -0.05) is 0 Å². The molecule has 0 fully saturated rings. The Hall–Kier alpha value is -1.43. The number of esters is 1. The highest BCUT2D eigenvalue weighted by Gasteiger charge is 2.17. The van der Waals surface area contributed by atoms with Gasteiger partial charge in [-0.2, -0.15) is 0 Å². The van der Waals surface area contributed by atoms with Gasteiger partial charge in [-0.15, -0.1) is 11.6 Å². The summed E-state index contributed by atoms with van der Waals surface area (Å²) in [6.45, 7) is 1.83. The number of hydrogen-bond donors (Lipinski definition) is 1. The van der Waals surface area contributed by atoms with Crippen LogP contribution < -0.4 is 5.56 Å². The van der Waals surface area contributed by atoms with Gasteiger partial charge in [0.05, 0.1) is 24.5 Å². The molecule has 0 aliphatic carbocycles. The Kier molecular flexibility index (Phi) is 5.27. The fraction of sp³-hybridized carbons (Fsp3) is 0.455. The highest BCUT2D eigenvalue weighted by Crippen LogP contribution is 2.18. The van der Waals surface area contributed by atoms with Gasteiger partial charge >= 0.3 is 5.97 Å². The lowest BCUT2D eigenvalue weighted by molar-refractivity contribution is -0.142. The Balaban J connectivity index is 3.12. The van der Waals surface area contributed by atoms with Crippen LogP contribution in [0, 0.1) is 0 Å². The number of nitrogens with one attached hydrogen (secondary N) is 1. The first-order valence-corrected chi connectivity index (χ1v) is 5.77. The minimum absolute atomic E-state index is 0.0759. The standard InChI is InChI=1S/C11H12ClF2NO3/c1-2-18-9(16)4-6-3-7(10(13)14)11(17)15-8(6)5-12/h3,10H,2,4-5H2,1H3,(H,15,17). The van der Waals surface area contributed by atoms with Crippen molar-refractivity contribution in [2.75, 3.05) is 6.61 Å². The second-order valence-corrected chi connectivity index (χ2v) is 3.74. The molecule has 100 valence electrons. The molecule has 0 bridgehead atoms. The fourth-order valence-electron chi connectivity index (χ4n) is 1.44. The van der Waals surface area contributed by atoms with Crippen molar-refractivity contribution in [1.82, 2.24) is 4.98 Å². The Bertz CT molecular complexity index is 488. The average Bonchev–Trinajstić information content (AvgIpc) is 2.30. The van der Waals surface area contributed by atoms with Crippen molar-refractivity contribution in [3.8, 4) is 0 Å². The molecule has 0 spiro atoms. The highest BCUT2D eigenvalue weighted by molar-refractivity contribution is 6.17. The summed E-state index contributed by atoms with van der Waals surface area (Å²) in [5.74, 6) is -0.635. The molecule has 0 aliphatic rings. The number of alkyl halides is 3. The fourth-order valence-corrected chi connectivity index (χ4v) is 1.67. The first-order valence-electron chi connectivity index (χ1n) is 5.24. The van der Waals surface area contributed by atoms with Crippen LogP contribution in [-0.2, 0) is 21.8 Å². The minimum Gasteiger partial charge on any atom is -0.466 e. The first-order chi connectivity index (χ1) is 8.49. The highest BCUT2D eigenvalue weighted by atomic mass is 35.5. The molecule has 18 heavy (non-hydrogen) atoms. The van der Waals surface area contributed by atoms with Crippen LogP contribution in [0.5, 0.6) is 0 Å². The molecule has 0 unspecified atom stereocenters. The van der Waals surface area contributed by atoms with Gasteiger partial charge in [-0.05, 0) is 18.6 Å². The van der Waals surface area contributed by atoms with Crippen LogP contribution in [0.2, 0.25) is 0 Å². The van der Waals surface area contributed by atoms with Crippen LogP contribution >= 0.6 is 11.6 Å². The van der Waals surface area contributed by atoms with Crippen molar-refractivity contribution in [2.45, 2.75) is 25.7 Å². The van der Waals surface area contributed by atoms with E-state index in [0.717, 1.165) is 6.07 Å². The third kappa shape index (κ3) is 3.53. The number of H-pyrrole nitrogens is 1. The topological polar surface area (TPSA) is 59.2 Å². The zero-order valence-corrected chi connectivity index (χ0v) is 10.4. The molecule has 0 saturated heterocycles. The molecule has 0 radical (unpaired) electrons. The van der Waals surface area contributed by atoms with E-state index in [9.17, 15) is 18.4 Å². The number of halogens is 3. The summed E-state index contributed by atoms with van der Waals surface area (Å²) in [7, 11) is 0. The van der Waals surface area contributed by atoms with Gasteiger partial charge in [0.1, 0.15) is 0 Å². The summed E-state index contributed by atoms with van der Waals surface area (Å²) < 4.78 is 29.8. The van der Waals surface area contributed by atoms with Crippen molar-refractivity contribution >= 4 is 17.6 Å². The van der Waals surface area contributed by atoms with Gasteiger partial charge in [0.25, 0.3) is 12.0 Å². The van der Waals surface area contributed by atoms with Gasteiger partial charge in [0.15, 0.2) is 0 Å². The molecule has 0 saturated carbocycles. The number of rotatable bonds is 5. The lowest BCUT2D eigenvalue weighted by Crippen LogP contribution is -2.19. The molecular weight excluding hydrogens is 268 g/mol. The second kappa shape index (κ2) is 6.49. The molecule has 1 N–H and O–H groups in total. The second-order valence-electron chi connectivity index (χ2n) is 3.47. The summed E-state index contributed by atoms with van der Waals surface area (Å²) in [6.07, 6.45) is -3.11. The average molecular weight is 280 g/mol. The van der Waals surface area contributed by atoms with Gasteiger partial charge in [0.2, 0.25) is 0 Å². The van der Waals surface area contributed by atoms with Crippen molar-refractivity contribution < 1.29 is 18.3 Å². The number of carbonyl (C=O) groups is 1. The lowest BCUT2D eigenvalue weighted by atomic mass is 10.1. The van der Waals surface area contributed by atoms with Crippen molar-refractivity contribution in [3.63, 3.8) is 0 Å². The molecule has 4 nitrogen and oxygen atoms in total. The Morgan fingerprint density at radius 1 is 1.56 bits per heavy atom. The minimum atomic E-state index is -2.90. The summed E-state index contributed by atoms with van der Waals surface area (Å²) in [5, 5.41) is 0. The van der Waals surface area contributed by atoms with Crippen molar-refractivity contribution in [3.05, 3.63) is 33.2 Å². The van der Waals surface area contributed by atoms with E-state index in [0.29, 0.717) is 0 Å². The SMILES string of the molecule is CCOC(=O)Cc1cc(C(F)F)c(=O)[nH]c1CCl. The summed E-state index contributed by atoms with van der Waals surface area (Å²) in [4.78, 5) is 24.8. The Morgan fingerprint density at radius 2 is 2.22 bits per heavy atom. The van der Waals surface area contributed by atoms with Crippen LogP contribution in [-0.4, -0.2) is 17.6 Å². The van der Waals surface area contributed by atoms with Gasteiger partial charge < -0.3 is 9.72 Å². The maximum absolute atomic E-state index is 12.6. The van der Waals surface area contributed by atoms with Gasteiger partial charge in [-0.25, -0.2) is 8.78 Å². The van der Waals surface area contributed by atoms with E-state index in [1.165, 1.54) is 0 Å². The van der Waals surface area contributed by atoms with E-state index in [1.807, 2.05) is 0 Å². The monoisotopic (exact) mass is 279 g/mol. The van der Waals surface area contributed by atoms with E-state index >= 15 is 0 Å². The van der Waals surface area contributed by atoms with Crippen LogP contribution in [0.4, 0.5) is 8.78 Å². The molecule has 0 amide bonds. The summed E-state index contributed by atoms with van der Waals surface area (Å²) in [6, 6.07) is 0.998.